The summed E-state index contributed by atoms with van der Waals surface area (Å²) in [6.07, 6.45) is 4.54. The number of rotatable bonds is 4. The van der Waals surface area contributed by atoms with Crippen LogP contribution in [0.1, 0.15) is 48.1 Å². The molecule has 0 aliphatic carbocycles. The molecular formula is C32H33BrFN7O5. The number of pyridine rings is 1. The van der Waals surface area contributed by atoms with Gasteiger partial charge in [-0.15, -0.1) is 0 Å². The van der Waals surface area contributed by atoms with Crippen molar-refractivity contribution >= 4 is 50.2 Å². The van der Waals surface area contributed by atoms with Gasteiger partial charge < -0.3 is 19.7 Å². The molecule has 1 fully saturated rings. The zero-order valence-electron chi connectivity index (χ0n) is 25.5. The third-order valence-electron chi connectivity index (χ3n) is 8.13. The number of amides is 2. The van der Waals surface area contributed by atoms with Crippen LogP contribution in [0.25, 0.3) is 22.0 Å². The van der Waals surface area contributed by atoms with Gasteiger partial charge in [0.05, 0.1) is 25.3 Å². The standard InChI is InChI=1S/C32H33BrFN7O5/c1-19(42)29-24-11-21(23-13-35-20(2)36-14-23)5-7-25(24)41(39-29)15-28(43)40-17-32(34)12-26(40)31(44)38-30-22(6-8-27(33)37-30)16-45-9-3-4-10-46-18-32/h5-8,11,13-14,26H,3-4,9-10,12,15-18H2,1-2H3,(H,37,38,44)/t26-,32+/m0/s1. The molecule has 3 aromatic heterocycles. The second-order valence-electron chi connectivity index (χ2n) is 11.6. The molecule has 2 bridgehead atoms. The summed E-state index contributed by atoms with van der Waals surface area (Å²) in [5.74, 6) is -0.472. The van der Waals surface area contributed by atoms with E-state index in [0.717, 1.165) is 17.5 Å². The maximum Gasteiger partial charge on any atom is 0.248 e. The monoisotopic (exact) mass is 693 g/mol. The number of nitrogens with one attached hydrogen (secondary N) is 1. The van der Waals surface area contributed by atoms with E-state index in [0.29, 0.717) is 46.5 Å². The minimum absolute atomic E-state index is 0.193. The first-order valence-electron chi connectivity index (χ1n) is 15.0. The van der Waals surface area contributed by atoms with Crippen LogP contribution in [0.2, 0.25) is 0 Å². The Morgan fingerprint density at radius 2 is 1.87 bits per heavy atom. The van der Waals surface area contributed by atoms with Crippen LogP contribution in [0.15, 0.2) is 47.3 Å². The summed E-state index contributed by atoms with van der Waals surface area (Å²) in [6, 6.07) is 7.81. The molecule has 2 atom stereocenters. The second kappa shape index (κ2) is 13.3. The first-order valence-corrected chi connectivity index (χ1v) is 15.8. The molecule has 1 saturated heterocycles. The molecule has 12 nitrogen and oxygen atoms in total. The van der Waals surface area contributed by atoms with Gasteiger partial charge in [0, 0.05) is 55.5 Å². The summed E-state index contributed by atoms with van der Waals surface area (Å²) in [5, 5.41) is 7.83. The number of Topliss-reactive ketones (excluding diaryl/α,β-unsaturated/α-hetero) is 1. The molecule has 2 aliphatic heterocycles. The lowest BCUT2D eigenvalue weighted by atomic mass is 10.0. The maximum atomic E-state index is 16.2. The van der Waals surface area contributed by atoms with Crippen LogP contribution in [0.5, 0.6) is 0 Å². The topological polar surface area (TPSA) is 141 Å². The number of carbonyl (C=O) groups excluding carboxylic acids is 3. The van der Waals surface area contributed by atoms with E-state index in [1.807, 2.05) is 12.1 Å². The fourth-order valence-electron chi connectivity index (χ4n) is 5.77. The minimum atomic E-state index is -1.94. The summed E-state index contributed by atoms with van der Waals surface area (Å²) < 4.78 is 29.6. The number of likely N-dealkylation sites (tertiary alicyclic amines) is 1. The smallest absolute Gasteiger partial charge is 0.248 e. The van der Waals surface area contributed by atoms with E-state index in [1.54, 1.807) is 37.5 Å². The number of halogens is 2. The second-order valence-corrected chi connectivity index (χ2v) is 12.5. The SMILES string of the molecule is CC(=O)c1nn(CC(=O)N2C[C@@]3(F)COCCCCOCc4ccc(Br)nc4NC(=O)[C@@H]2C3)c2ccc(-c3cnc(C)nc3)cc12. The van der Waals surface area contributed by atoms with Crippen LogP contribution >= 0.6 is 15.9 Å². The van der Waals surface area contributed by atoms with Gasteiger partial charge in [-0.05, 0) is 59.5 Å². The molecule has 1 aromatic carbocycles. The van der Waals surface area contributed by atoms with E-state index in [2.05, 4.69) is 41.3 Å². The average molecular weight is 695 g/mol. The fraction of sp³-hybridized carbons (Fsp3) is 0.406. The van der Waals surface area contributed by atoms with Crippen molar-refractivity contribution in [2.24, 2.45) is 0 Å². The molecule has 2 amide bonds. The van der Waals surface area contributed by atoms with Crippen molar-refractivity contribution in [3.8, 4) is 11.1 Å². The molecular weight excluding hydrogens is 661 g/mol. The first-order chi connectivity index (χ1) is 22.1. The number of ketones is 1. The number of anilines is 1. The molecule has 0 unspecified atom stereocenters. The van der Waals surface area contributed by atoms with Crippen molar-refractivity contribution in [1.82, 2.24) is 29.6 Å². The van der Waals surface area contributed by atoms with Gasteiger partial charge in [-0.1, -0.05) is 12.1 Å². The van der Waals surface area contributed by atoms with Gasteiger partial charge in [0.2, 0.25) is 11.8 Å². The Morgan fingerprint density at radius 1 is 1.11 bits per heavy atom. The van der Waals surface area contributed by atoms with Gasteiger partial charge in [-0.2, -0.15) is 5.10 Å². The van der Waals surface area contributed by atoms with Crippen LogP contribution in [0.3, 0.4) is 0 Å². The van der Waals surface area contributed by atoms with Crippen molar-refractivity contribution in [2.45, 2.75) is 58.0 Å². The lowest BCUT2D eigenvalue weighted by Gasteiger charge is -2.24. The fourth-order valence-corrected chi connectivity index (χ4v) is 6.08. The molecule has 14 heteroatoms. The summed E-state index contributed by atoms with van der Waals surface area (Å²) in [6.45, 7) is 3.33. The molecule has 6 rings (SSSR count). The first kappa shape index (κ1) is 31.8. The number of ether oxygens (including phenoxy) is 2. The number of benzene rings is 1. The average Bonchev–Trinajstić information content (AvgIpc) is 3.57. The van der Waals surface area contributed by atoms with Gasteiger partial charge in [0.1, 0.15) is 34.5 Å². The van der Waals surface area contributed by atoms with Crippen molar-refractivity contribution in [3.63, 3.8) is 0 Å². The van der Waals surface area contributed by atoms with Crippen LogP contribution in [-0.2, 0) is 32.2 Å². The van der Waals surface area contributed by atoms with Gasteiger partial charge in [0.15, 0.2) is 11.5 Å². The highest BCUT2D eigenvalue weighted by Crippen LogP contribution is 2.34. The molecule has 46 heavy (non-hydrogen) atoms. The molecule has 4 aromatic rings. The van der Waals surface area contributed by atoms with Gasteiger partial charge >= 0.3 is 0 Å². The molecule has 1 N–H and O–H groups in total. The van der Waals surface area contributed by atoms with E-state index in [9.17, 15) is 14.4 Å². The quantitative estimate of drug-likeness (QED) is 0.243. The lowest BCUT2D eigenvalue weighted by molar-refractivity contribution is -0.137. The number of aromatic nitrogens is 5. The van der Waals surface area contributed by atoms with Gasteiger partial charge in [-0.3, -0.25) is 19.1 Å². The maximum absolute atomic E-state index is 16.2. The summed E-state index contributed by atoms with van der Waals surface area (Å²) >= 11 is 3.34. The Balaban J connectivity index is 1.30. The Kier molecular flexibility index (Phi) is 9.20. The molecule has 0 saturated carbocycles. The summed E-state index contributed by atoms with van der Waals surface area (Å²) in [4.78, 5) is 54.4. The van der Waals surface area contributed by atoms with Crippen molar-refractivity contribution in [1.29, 1.82) is 0 Å². The molecule has 0 radical (unpaired) electrons. The lowest BCUT2D eigenvalue weighted by Crippen LogP contribution is -2.45. The predicted molar refractivity (Wildman–Crippen MR) is 170 cm³/mol. The largest absolute Gasteiger partial charge is 0.378 e. The highest BCUT2D eigenvalue weighted by Gasteiger charge is 2.50. The highest BCUT2D eigenvalue weighted by atomic mass is 79.9. The number of carbonyl (C=O) groups is 3. The molecule has 0 spiro atoms. The zero-order chi connectivity index (χ0) is 32.4. The Hall–Kier alpha value is -4.14. The Bertz CT molecular complexity index is 1800. The zero-order valence-corrected chi connectivity index (χ0v) is 27.0. The molecule has 240 valence electrons. The number of hydrogen-bond donors (Lipinski definition) is 1. The third kappa shape index (κ3) is 6.83. The van der Waals surface area contributed by atoms with Crippen molar-refractivity contribution in [2.75, 3.05) is 31.7 Å². The van der Waals surface area contributed by atoms with Crippen LogP contribution < -0.4 is 5.32 Å². The van der Waals surface area contributed by atoms with Crippen LogP contribution in [-0.4, -0.2) is 85.3 Å². The van der Waals surface area contributed by atoms with Crippen LogP contribution in [0.4, 0.5) is 10.2 Å². The van der Waals surface area contributed by atoms with Crippen molar-refractivity contribution in [3.05, 3.63) is 64.4 Å². The molecule has 2 aliphatic rings. The number of hydrogen-bond acceptors (Lipinski definition) is 9. The highest BCUT2D eigenvalue weighted by molar-refractivity contribution is 9.10. The van der Waals surface area contributed by atoms with E-state index in [-0.39, 0.29) is 50.0 Å². The van der Waals surface area contributed by atoms with E-state index in [1.165, 1.54) is 16.5 Å². The van der Waals surface area contributed by atoms with Crippen molar-refractivity contribution < 1.29 is 28.2 Å². The third-order valence-corrected chi connectivity index (χ3v) is 8.57. The summed E-state index contributed by atoms with van der Waals surface area (Å²) in [5.41, 5.74) is 0.996. The number of aryl methyl sites for hydroxylation is 1. The minimum Gasteiger partial charge on any atom is -0.378 e. The van der Waals surface area contributed by atoms with E-state index >= 15 is 4.39 Å². The van der Waals surface area contributed by atoms with E-state index in [4.69, 9.17) is 9.47 Å². The van der Waals surface area contributed by atoms with E-state index < -0.39 is 23.5 Å². The predicted octanol–water partition coefficient (Wildman–Crippen LogP) is 4.44. The van der Waals surface area contributed by atoms with Gasteiger partial charge in [-0.25, -0.2) is 19.3 Å². The number of alkyl halides is 1. The summed E-state index contributed by atoms with van der Waals surface area (Å²) in [7, 11) is 0. The van der Waals surface area contributed by atoms with Crippen LogP contribution in [0, 0.1) is 6.92 Å². The normalized spacial score (nSPS) is 20.9. The number of nitrogens with zero attached hydrogens (tertiary/aromatic N) is 6. The van der Waals surface area contributed by atoms with Gasteiger partial charge in [0.25, 0.3) is 0 Å². The molecule has 5 heterocycles. The Morgan fingerprint density at radius 3 is 2.63 bits per heavy atom. The number of fused-ring (bicyclic) bond motifs is 4. The Labute approximate surface area is 272 Å².